The molecule has 144 valence electrons. The zero-order chi connectivity index (χ0) is 19.3. The molecule has 3 rings (SSSR count). The topological polar surface area (TPSA) is 84.9 Å². The quantitative estimate of drug-likeness (QED) is 0.579. The van der Waals surface area contributed by atoms with Crippen molar-refractivity contribution in [2.24, 2.45) is 0 Å². The number of nitrogens with one attached hydrogen (secondary N) is 1. The fourth-order valence-corrected chi connectivity index (χ4v) is 3.83. The number of amides is 1. The number of para-hydroxylation sites is 1. The molecule has 0 radical (unpaired) electrons. The smallest absolute Gasteiger partial charge is 0.262 e. The number of fused-ring (bicyclic) bond motifs is 1. The van der Waals surface area contributed by atoms with E-state index in [2.05, 4.69) is 4.89 Å². The van der Waals surface area contributed by atoms with Gasteiger partial charge < -0.3 is 9.64 Å². The van der Waals surface area contributed by atoms with Crippen LogP contribution in [-0.2, 0) is 26.1 Å². The third kappa shape index (κ3) is 4.85. The molecule has 2 aromatic rings. The SMILES string of the molecule is CC(=O)N1CCCc2cc(S(=O)(=O)NOCCOc3ccccc3)ccc21. The number of sulfonamides is 1. The van der Waals surface area contributed by atoms with Crippen LogP contribution in [0.25, 0.3) is 0 Å². The van der Waals surface area contributed by atoms with Crippen molar-refractivity contribution in [3.05, 3.63) is 54.1 Å². The molecule has 0 fully saturated rings. The average molecular weight is 390 g/mol. The van der Waals surface area contributed by atoms with Crippen LogP contribution in [0.4, 0.5) is 5.69 Å². The first-order valence-electron chi connectivity index (χ1n) is 8.70. The molecule has 1 N–H and O–H groups in total. The van der Waals surface area contributed by atoms with Gasteiger partial charge in [0.15, 0.2) is 0 Å². The van der Waals surface area contributed by atoms with Gasteiger partial charge in [0.2, 0.25) is 5.91 Å². The van der Waals surface area contributed by atoms with Crippen LogP contribution in [0, 0.1) is 0 Å². The van der Waals surface area contributed by atoms with Gasteiger partial charge in [-0.1, -0.05) is 23.1 Å². The van der Waals surface area contributed by atoms with E-state index < -0.39 is 10.0 Å². The number of carbonyl (C=O) groups is 1. The Morgan fingerprint density at radius 1 is 1.15 bits per heavy atom. The van der Waals surface area contributed by atoms with Crippen LogP contribution in [-0.4, -0.2) is 34.1 Å². The lowest BCUT2D eigenvalue weighted by Gasteiger charge is -2.28. The maximum absolute atomic E-state index is 12.4. The second-order valence-electron chi connectivity index (χ2n) is 6.16. The van der Waals surface area contributed by atoms with E-state index in [9.17, 15) is 13.2 Å². The lowest BCUT2D eigenvalue weighted by Crippen LogP contribution is -2.33. The minimum Gasteiger partial charge on any atom is -0.491 e. The third-order valence-corrected chi connectivity index (χ3v) is 5.44. The Morgan fingerprint density at radius 3 is 2.67 bits per heavy atom. The second-order valence-corrected chi connectivity index (χ2v) is 7.81. The van der Waals surface area contributed by atoms with Crippen molar-refractivity contribution in [3.8, 4) is 5.75 Å². The molecular weight excluding hydrogens is 368 g/mol. The number of hydrogen-bond donors (Lipinski definition) is 1. The highest BCUT2D eigenvalue weighted by atomic mass is 32.2. The molecular formula is C19H22N2O5S. The van der Waals surface area contributed by atoms with Gasteiger partial charge in [0.1, 0.15) is 19.0 Å². The molecule has 1 aliphatic heterocycles. The van der Waals surface area contributed by atoms with Crippen LogP contribution in [0.5, 0.6) is 5.75 Å². The lowest BCUT2D eigenvalue weighted by molar-refractivity contribution is -0.116. The largest absolute Gasteiger partial charge is 0.491 e. The molecule has 0 aliphatic carbocycles. The molecule has 0 unspecified atom stereocenters. The van der Waals surface area contributed by atoms with Crippen molar-refractivity contribution in [1.82, 2.24) is 4.89 Å². The molecule has 0 atom stereocenters. The summed E-state index contributed by atoms with van der Waals surface area (Å²) in [4.78, 5) is 20.7. The number of hydrogen-bond acceptors (Lipinski definition) is 5. The molecule has 7 nitrogen and oxygen atoms in total. The van der Waals surface area contributed by atoms with Crippen LogP contribution in [0.3, 0.4) is 0 Å². The standard InChI is InChI=1S/C19H22N2O5S/c1-15(22)21-11-5-6-16-14-18(9-10-19(16)21)27(23,24)20-26-13-12-25-17-7-3-2-4-8-17/h2-4,7-10,14,20H,5-6,11-13H2,1H3. The van der Waals surface area contributed by atoms with Gasteiger partial charge in [-0.05, 0) is 48.7 Å². The minimum atomic E-state index is -3.81. The first-order chi connectivity index (χ1) is 13.0. The number of rotatable bonds is 7. The number of carbonyl (C=O) groups excluding carboxylic acids is 1. The van der Waals surface area contributed by atoms with Gasteiger partial charge >= 0.3 is 0 Å². The molecule has 27 heavy (non-hydrogen) atoms. The molecule has 1 heterocycles. The van der Waals surface area contributed by atoms with Crippen molar-refractivity contribution in [3.63, 3.8) is 0 Å². The predicted molar refractivity (Wildman–Crippen MR) is 101 cm³/mol. The van der Waals surface area contributed by atoms with Crippen LogP contribution in [0.15, 0.2) is 53.4 Å². The van der Waals surface area contributed by atoms with Gasteiger partial charge in [-0.25, -0.2) is 8.42 Å². The Bertz CT molecular complexity index is 900. The Morgan fingerprint density at radius 2 is 1.93 bits per heavy atom. The predicted octanol–water partition coefficient (Wildman–Crippen LogP) is 2.27. The summed E-state index contributed by atoms with van der Waals surface area (Å²) in [5.41, 5.74) is 1.61. The lowest BCUT2D eigenvalue weighted by atomic mass is 10.0. The highest BCUT2D eigenvalue weighted by Crippen LogP contribution is 2.29. The summed E-state index contributed by atoms with van der Waals surface area (Å²) in [6.45, 7) is 2.44. The number of aryl methyl sites for hydroxylation is 1. The monoisotopic (exact) mass is 390 g/mol. The van der Waals surface area contributed by atoms with E-state index in [0.29, 0.717) is 12.3 Å². The van der Waals surface area contributed by atoms with Crippen molar-refractivity contribution < 1.29 is 22.8 Å². The van der Waals surface area contributed by atoms with E-state index in [1.807, 2.05) is 30.3 Å². The molecule has 8 heteroatoms. The van der Waals surface area contributed by atoms with Crippen molar-refractivity contribution in [1.29, 1.82) is 0 Å². The fraction of sp³-hybridized carbons (Fsp3) is 0.316. The third-order valence-electron chi connectivity index (χ3n) is 4.23. The van der Waals surface area contributed by atoms with Crippen LogP contribution < -0.4 is 14.5 Å². The van der Waals surface area contributed by atoms with E-state index in [1.165, 1.54) is 13.0 Å². The summed E-state index contributed by atoms with van der Waals surface area (Å²) in [5.74, 6) is 0.639. The summed E-state index contributed by atoms with van der Waals surface area (Å²) in [6, 6.07) is 13.9. The molecule has 2 aromatic carbocycles. The van der Waals surface area contributed by atoms with Crippen LogP contribution in [0.1, 0.15) is 18.9 Å². The minimum absolute atomic E-state index is 0.0496. The van der Waals surface area contributed by atoms with Gasteiger partial charge in [-0.2, -0.15) is 0 Å². The van der Waals surface area contributed by atoms with Gasteiger partial charge in [-0.15, -0.1) is 0 Å². The van der Waals surface area contributed by atoms with E-state index in [1.54, 1.807) is 17.0 Å². The van der Waals surface area contributed by atoms with E-state index in [-0.39, 0.29) is 24.0 Å². The van der Waals surface area contributed by atoms with Crippen molar-refractivity contribution in [2.45, 2.75) is 24.7 Å². The summed E-state index contributed by atoms with van der Waals surface area (Å²) >= 11 is 0. The molecule has 0 saturated carbocycles. The Labute approximate surface area is 158 Å². The van der Waals surface area contributed by atoms with Gasteiger partial charge in [0.05, 0.1) is 4.90 Å². The Balaban J connectivity index is 1.57. The molecule has 1 aliphatic rings. The average Bonchev–Trinajstić information content (AvgIpc) is 2.67. The Kier molecular flexibility index (Phi) is 6.10. The highest BCUT2D eigenvalue weighted by Gasteiger charge is 2.23. The van der Waals surface area contributed by atoms with Crippen molar-refractivity contribution >= 4 is 21.6 Å². The number of nitrogens with zero attached hydrogens (tertiary/aromatic N) is 1. The second kappa shape index (κ2) is 8.51. The maximum Gasteiger partial charge on any atom is 0.262 e. The summed E-state index contributed by atoms with van der Waals surface area (Å²) in [7, 11) is -3.81. The summed E-state index contributed by atoms with van der Waals surface area (Å²) in [6.07, 6.45) is 1.53. The molecule has 0 bridgehead atoms. The fourth-order valence-electron chi connectivity index (χ4n) is 2.95. The summed E-state index contributed by atoms with van der Waals surface area (Å²) in [5, 5.41) is 0. The van der Waals surface area contributed by atoms with Gasteiger partial charge in [0.25, 0.3) is 10.0 Å². The van der Waals surface area contributed by atoms with E-state index in [0.717, 1.165) is 24.1 Å². The zero-order valence-electron chi connectivity index (χ0n) is 15.1. The number of benzene rings is 2. The van der Waals surface area contributed by atoms with Crippen molar-refractivity contribution in [2.75, 3.05) is 24.7 Å². The first kappa shape index (κ1) is 19.3. The van der Waals surface area contributed by atoms with E-state index in [4.69, 9.17) is 9.57 Å². The number of ether oxygens (including phenoxy) is 1. The van der Waals surface area contributed by atoms with Crippen LogP contribution in [0.2, 0.25) is 0 Å². The normalized spacial score (nSPS) is 13.9. The zero-order valence-corrected chi connectivity index (χ0v) is 15.9. The highest BCUT2D eigenvalue weighted by molar-refractivity contribution is 7.89. The van der Waals surface area contributed by atoms with Gasteiger partial charge in [-0.3, -0.25) is 9.63 Å². The summed E-state index contributed by atoms with van der Waals surface area (Å²) < 4.78 is 30.3. The van der Waals surface area contributed by atoms with Crippen LogP contribution >= 0.6 is 0 Å². The Hall–Kier alpha value is -2.42. The maximum atomic E-state index is 12.4. The molecule has 1 amide bonds. The first-order valence-corrected chi connectivity index (χ1v) is 10.2. The molecule has 0 saturated heterocycles. The molecule has 0 spiro atoms. The molecule has 0 aromatic heterocycles. The van der Waals surface area contributed by atoms with Gasteiger partial charge in [0, 0.05) is 19.2 Å². The number of anilines is 1. The van der Waals surface area contributed by atoms with E-state index >= 15 is 0 Å².